The van der Waals surface area contributed by atoms with Gasteiger partial charge in [0.15, 0.2) is 5.01 Å². The van der Waals surface area contributed by atoms with Gasteiger partial charge in [-0.2, -0.15) is 13.2 Å². The van der Waals surface area contributed by atoms with Crippen molar-refractivity contribution in [2.24, 2.45) is 0 Å². The van der Waals surface area contributed by atoms with Crippen LogP contribution >= 0.6 is 23.7 Å². The molecule has 1 rings (SSSR count). The molecule has 0 radical (unpaired) electrons. The van der Waals surface area contributed by atoms with Crippen LogP contribution < -0.4 is 0 Å². The van der Waals surface area contributed by atoms with E-state index >= 15 is 0 Å². The molecule has 0 saturated heterocycles. The van der Waals surface area contributed by atoms with E-state index in [-0.39, 0.29) is 12.4 Å². The Balaban J connectivity index is 0.000000810. The van der Waals surface area contributed by atoms with Crippen LogP contribution in [-0.2, 0) is 6.18 Å². The van der Waals surface area contributed by atoms with Crippen molar-refractivity contribution in [2.45, 2.75) is 6.18 Å². The lowest BCUT2D eigenvalue weighted by molar-refractivity contribution is -0.137. The normalized spacial score (nSPS) is 10.7. The second-order valence-electron chi connectivity index (χ2n) is 1.34. The smallest absolute Gasteiger partial charge is 0.241 e. The fraction of sp³-hybridized carbons (Fsp3) is 0.250. The van der Waals surface area contributed by atoms with E-state index < -0.39 is 11.2 Å². The molecule has 6 heteroatoms. The number of alkyl halides is 3. The van der Waals surface area contributed by atoms with Gasteiger partial charge in [0.05, 0.1) is 0 Å². The van der Waals surface area contributed by atoms with E-state index in [1.54, 1.807) is 0 Å². The Morgan fingerprint density at radius 1 is 1.40 bits per heavy atom. The highest BCUT2D eigenvalue weighted by Gasteiger charge is 2.33. The van der Waals surface area contributed by atoms with Crippen LogP contribution in [0.1, 0.15) is 5.01 Å². The Hall–Kier alpha value is -0.290. The van der Waals surface area contributed by atoms with Crippen molar-refractivity contribution in [3.8, 4) is 0 Å². The van der Waals surface area contributed by atoms with E-state index in [9.17, 15) is 13.2 Å². The maximum absolute atomic E-state index is 11.6. The van der Waals surface area contributed by atoms with E-state index in [1.807, 2.05) is 0 Å². The molecule has 0 amide bonds. The molecule has 1 nitrogen and oxygen atoms in total. The van der Waals surface area contributed by atoms with Gasteiger partial charge in [0.25, 0.3) is 0 Å². The van der Waals surface area contributed by atoms with Crippen LogP contribution in [0.5, 0.6) is 0 Å². The first-order chi connectivity index (χ1) is 4.11. The van der Waals surface area contributed by atoms with Crippen molar-refractivity contribution >= 4 is 23.7 Å². The summed E-state index contributed by atoms with van der Waals surface area (Å²) in [5.41, 5.74) is 0. The molecule has 1 aromatic rings. The largest absolute Gasteiger partial charge is 0.443 e. The van der Waals surface area contributed by atoms with Gasteiger partial charge >= 0.3 is 6.18 Å². The molecule has 0 fully saturated rings. The molecule has 10 heavy (non-hydrogen) atoms. The molecular formula is C4H3ClF3NS. The van der Waals surface area contributed by atoms with Crippen LogP contribution in [0.15, 0.2) is 11.6 Å². The van der Waals surface area contributed by atoms with Crippen LogP contribution in [0.25, 0.3) is 0 Å². The quantitative estimate of drug-likeness (QED) is 0.611. The molecule has 0 aliphatic rings. The Morgan fingerprint density at radius 3 is 2.20 bits per heavy atom. The first-order valence-corrected chi connectivity index (χ1v) is 2.95. The predicted molar refractivity (Wildman–Crippen MR) is 34.4 cm³/mol. The molecule has 0 N–H and O–H groups in total. The summed E-state index contributed by atoms with van der Waals surface area (Å²) in [6, 6.07) is 0. The van der Waals surface area contributed by atoms with Crippen LogP contribution in [0.2, 0.25) is 0 Å². The Kier molecular flexibility index (Phi) is 3.11. The van der Waals surface area contributed by atoms with E-state index in [2.05, 4.69) is 4.98 Å². The fourth-order valence-electron chi connectivity index (χ4n) is 0.363. The zero-order valence-corrected chi connectivity index (χ0v) is 6.19. The van der Waals surface area contributed by atoms with Gasteiger partial charge in [-0.05, 0) is 0 Å². The summed E-state index contributed by atoms with van der Waals surface area (Å²) in [4.78, 5) is 3.08. The van der Waals surface area contributed by atoms with Crippen molar-refractivity contribution in [3.63, 3.8) is 0 Å². The van der Waals surface area contributed by atoms with Gasteiger partial charge in [-0.1, -0.05) is 0 Å². The molecule has 1 aromatic heterocycles. The summed E-state index contributed by atoms with van der Waals surface area (Å²) in [7, 11) is 0. The topological polar surface area (TPSA) is 12.9 Å². The third-order valence-electron chi connectivity index (χ3n) is 0.675. The highest BCUT2D eigenvalue weighted by atomic mass is 35.5. The monoisotopic (exact) mass is 189 g/mol. The lowest BCUT2D eigenvalue weighted by Gasteiger charge is -1.97. The molecular weight excluding hydrogens is 187 g/mol. The molecule has 0 atom stereocenters. The number of thiazole rings is 1. The molecule has 0 spiro atoms. The van der Waals surface area contributed by atoms with Crippen LogP contribution in [0.3, 0.4) is 0 Å². The third kappa shape index (κ3) is 2.15. The van der Waals surface area contributed by atoms with Crippen LogP contribution in [-0.4, -0.2) is 4.98 Å². The van der Waals surface area contributed by atoms with Gasteiger partial charge < -0.3 is 0 Å². The summed E-state index contributed by atoms with van der Waals surface area (Å²) < 4.78 is 34.7. The lowest BCUT2D eigenvalue weighted by atomic mass is 10.7. The van der Waals surface area contributed by atoms with E-state index in [1.165, 1.54) is 5.38 Å². The SMILES string of the molecule is Cl.FC(F)(F)c1nccs1. The van der Waals surface area contributed by atoms with Gasteiger partial charge in [-0.3, -0.25) is 0 Å². The predicted octanol–water partition coefficient (Wildman–Crippen LogP) is 2.58. The number of nitrogens with zero attached hydrogens (tertiary/aromatic N) is 1. The van der Waals surface area contributed by atoms with Gasteiger partial charge in [0.1, 0.15) is 0 Å². The molecule has 58 valence electrons. The van der Waals surface area contributed by atoms with Crippen molar-refractivity contribution in [1.29, 1.82) is 0 Å². The number of hydrogen-bond acceptors (Lipinski definition) is 2. The first kappa shape index (κ1) is 9.71. The summed E-state index contributed by atoms with van der Waals surface area (Å²) in [6.45, 7) is 0. The van der Waals surface area contributed by atoms with Crippen molar-refractivity contribution in [2.75, 3.05) is 0 Å². The van der Waals surface area contributed by atoms with Crippen molar-refractivity contribution in [3.05, 3.63) is 16.6 Å². The molecule has 0 saturated carbocycles. The molecule has 1 heterocycles. The zero-order chi connectivity index (χ0) is 6.91. The van der Waals surface area contributed by atoms with E-state index in [0.717, 1.165) is 6.20 Å². The zero-order valence-electron chi connectivity index (χ0n) is 4.55. The van der Waals surface area contributed by atoms with Crippen molar-refractivity contribution < 1.29 is 13.2 Å². The standard InChI is InChI=1S/C4H2F3NS.ClH/c5-4(6,7)3-8-1-2-9-3;/h1-2H;1H. The fourth-order valence-corrected chi connectivity index (χ4v) is 0.869. The average molecular weight is 190 g/mol. The third-order valence-corrected chi connectivity index (χ3v) is 1.49. The van der Waals surface area contributed by atoms with E-state index in [4.69, 9.17) is 0 Å². The van der Waals surface area contributed by atoms with Gasteiger partial charge in [0.2, 0.25) is 0 Å². The maximum atomic E-state index is 11.6. The number of aromatic nitrogens is 1. The van der Waals surface area contributed by atoms with Crippen LogP contribution in [0.4, 0.5) is 13.2 Å². The summed E-state index contributed by atoms with van der Waals surface area (Å²) in [5.74, 6) is 0. The first-order valence-electron chi connectivity index (χ1n) is 2.07. The van der Waals surface area contributed by atoms with Gasteiger partial charge in [-0.15, -0.1) is 23.7 Å². The second-order valence-corrected chi connectivity index (χ2v) is 2.23. The number of hydrogen-bond donors (Lipinski definition) is 0. The Labute approximate surface area is 65.3 Å². The Morgan fingerprint density at radius 2 is 2.00 bits per heavy atom. The van der Waals surface area contributed by atoms with Crippen molar-refractivity contribution in [1.82, 2.24) is 4.98 Å². The summed E-state index contributed by atoms with van der Waals surface area (Å²) in [6.07, 6.45) is -3.14. The molecule has 0 bridgehead atoms. The summed E-state index contributed by atoms with van der Waals surface area (Å²) >= 11 is 0.594. The minimum atomic E-state index is -4.27. The summed E-state index contributed by atoms with van der Waals surface area (Å²) in [5, 5.41) is 0.505. The lowest BCUT2D eigenvalue weighted by Crippen LogP contribution is -2.02. The highest BCUT2D eigenvalue weighted by molar-refractivity contribution is 7.09. The Bertz CT molecular complexity index is 183. The number of rotatable bonds is 0. The number of halogens is 4. The van der Waals surface area contributed by atoms with Crippen LogP contribution in [0, 0.1) is 0 Å². The second kappa shape index (κ2) is 3.21. The van der Waals surface area contributed by atoms with Gasteiger partial charge in [-0.25, -0.2) is 4.98 Å². The molecule has 0 aliphatic carbocycles. The van der Waals surface area contributed by atoms with E-state index in [0.29, 0.717) is 11.3 Å². The molecule has 0 aromatic carbocycles. The average Bonchev–Trinajstić information content (AvgIpc) is 2.08. The highest BCUT2D eigenvalue weighted by Crippen LogP contribution is 2.30. The maximum Gasteiger partial charge on any atom is 0.443 e. The molecule has 0 aliphatic heterocycles. The minimum absolute atomic E-state index is 0. The van der Waals surface area contributed by atoms with Gasteiger partial charge in [0, 0.05) is 11.6 Å². The minimum Gasteiger partial charge on any atom is -0.241 e. The molecule has 0 unspecified atom stereocenters.